The molecule has 2 aromatic carbocycles. The summed E-state index contributed by atoms with van der Waals surface area (Å²) in [6.07, 6.45) is 0. The maximum Gasteiger partial charge on any atom is 0.250 e. The van der Waals surface area contributed by atoms with Crippen molar-refractivity contribution in [1.82, 2.24) is 14.8 Å². The molecule has 0 fully saturated rings. The standard InChI is InChI=1S/C22H23N5O2S/c1-14(30-21-25-24-18(26(21)4)15-10-6-5-7-11-15)19(28)27-17-13-9-8-12-16(17)23-20(29)22(27,2)3/h5-14H,1-4H3,(H,23,29)/t14-/m0/s1. The Morgan fingerprint density at radius 3 is 2.47 bits per heavy atom. The minimum absolute atomic E-state index is 0.156. The summed E-state index contributed by atoms with van der Waals surface area (Å²) >= 11 is 1.33. The van der Waals surface area contributed by atoms with E-state index in [0.717, 1.165) is 11.4 Å². The second kappa shape index (κ2) is 7.60. The van der Waals surface area contributed by atoms with Crippen LogP contribution in [0, 0.1) is 0 Å². The van der Waals surface area contributed by atoms with Crippen molar-refractivity contribution in [2.45, 2.75) is 36.7 Å². The fraction of sp³-hybridized carbons (Fsp3) is 0.273. The molecule has 30 heavy (non-hydrogen) atoms. The van der Waals surface area contributed by atoms with Crippen LogP contribution in [-0.2, 0) is 16.6 Å². The summed E-state index contributed by atoms with van der Waals surface area (Å²) in [5, 5.41) is 11.6. The Bertz CT molecular complexity index is 1110. The average Bonchev–Trinajstić information content (AvgIpc) is 3.09. The number of benzene rings is 2. The van der Waals surface area contributed by atoms with E-state index in [2.05, 4.69) is 15.5 Å². The lowest BCUT2D eigenvalue weighted by Crippen LogP contribution is -2.60. The van der Waals surface area contributed by atoms with Crippen LogP contribution in [-0.4, -0.2) is 37.4 Å². The van der Waals surface area contributed by atoms with E-state index in [1.807, 2.05) is 67.1 Å². The van der Waals surface area contributed by atoms with Gasteiger partial charge in [0.2, 0.25) is 11.8 Å². The number of hydrogen-bond donors (Lipinski definition) is 1. The Morgan fingerprint density at radius 1 is 1.07 bits per heavy atom. The molecule has 3 aromatic rings. The van der Waals surface area contributed by atoms with Crippen molar-refractivity contribution in [2.24, 2.45) is 7.05 Å². The number of amides is 2. The third kappa shape index (κ3) is 3.37. The summed E-state index contributed by atoms with van der Waals surface area (Å²) < 4.78 is 1.88. The van der Waals surface area contributed by atoms with E-state index < -0.39 is 10.8 Å². The number of carbonyl (C=O) groups excluding carboxylic acids is 2. The number of anilines is 2. The molecule has 7 nitrogen and oxygen atoms in total. The maximum absolute atomic E-state index is 13.5. The molecule has 1 N–H and O–H groups in total. The Hall–Kier alpha value is -3.13. The van der Waals surface area contributed by atoms with Crippen molar-refractivity contribution in [2.75, 3.05) is 10.2 Å². The van der Waals surface area contributed by atoms with Gasteiger partial charge in [-0.15, -0.1) is 10.2 Å². The zero-order chi connectivity index (χ0) is 21.5. The molecule has 1 aliphatic heterocycles. The normalized spacial score (nSPS) is 16.0. The Kier molecular flexibility index (Phi) is 5.11. The van der Waals surface area contributed by atoms with Crippen LogP contribution in [0.15, 0.2) is 59.8 Å². The van der Waals surface area contributed by atoms with Gasteiger partial charge in [0.1, 0.15) is 5.54 Å². The molecule has 2 heterocycles. The SMILES string of the molecule is C[C@H](Sc1nnc(-c2ccccc2)n1C)C(=O)N1c2ccccc2NC(=O)C1(C)C. The predicted molar refractivity (Wildman–Crippen MR) is 118 cm³/mol. The van der Waals surface area contributed by atoms with Gasteiger partial charge in [0, 0.05) is 12.6 Å². The summed E-state index contributed by atoms with van der Waals surface area (Å²) in [4.78, 5) is 27.7. The molecule has 8 heteroatoms. The molecule has 1 atom stereocenters. The van der Waals surface area contributed by atoms with E-state index in [1.54, 1.807) is 24.8 Å². The molecule has 0 radical (unpaired) electrons. The maximum atomic E-state index is 13.5. The van der Waals surface area contributed by atoms with Crippen molar-refractivity contribution in [3.8, 4) is 11.4 Å². The molecular weight excluding hydrogens is 398 g/mol. The minimum atomic E-state index is -1.00. The highest BCUT2D eigenvalue weighted by molar-refractivity contribution is 8.00. The minimum Gasteiger partial charge on any atom is -0.322 e. The Labute approximate surface area is 179 Å². The predicted octanol–water partition coefficient (Wildman–Crippen LogP) is 3.73. The monoisotopic (exact) mass is 421 g/mol. The third-order valence-corrected chi connectivity index (χ3v) is 6.35. The number of nitrogens with one attached hydrogen (secondary N) is 1. The van der Waals surface area contributed by atoms with E-state index in [4.69, 9.17) is 0 Å². The van der Waals surface area contributed by atoms with Crippen molar-refractivity contribution in [3.63, 3.8) is 0 Å². The molecule has 154 valence electrons. The molecule has 1 aliphatic rings. The number of hydrogen-bond acceptors (Lipinski definition) is 5. The summed E-state index contributed by atoms with van der Waals surface area (Å²) in [7, 11) is 1.88. The molecule has 0 bridgehead atoms. The number of thioether (sulfide) groups is 1. The molecule has 1 aromatic heterocycles. The number of rotatable bonds is 4. The van der Waals surface area contributed by atoms with Gasteiger partial charge < -0.3 is 9.88 Å². The van der Waals surface area contributed by atoms with Gasteiger partial charge in [-0.3, -0.25) is 14.5 Å². The summed E-state index contributed by atoms with van der Waals surface area (Å²) in [5.74, 6) is 0.370. The molecule has 2 amide bonds. The number of aromatic nitrogens is 3. The van der Waals surface area contributed by atoms with E-state index in [0.29, 0.717) is 16.5 Å². The molecule has 0 unspecified atom stereocenters. The Morgan fingerprint density at radius 2 is 1.73 bits per heavy atom. The zero-order valence-corrected chi connectivity index (χ0v) is 18.1. The summed E-state index contributed by atoms with van der Waals surface area (Å²) in [6, 6.07) is 17.1. The van der Waals surface area contributed by atoms with Crippen molar-refractivity contribution >= 4 is 35.0 Å². The second-order valence-corrected chi connectivity index (χ2v) is 9.00. The van der Waals surface area contributed by atoms with Crippen molar-refractivity contribution < 1.29 is 9.59 Å². The molecule has 4 rings (SSSR count). The van der Waals surface area contributed by atoms with Gasteiger partial charge in [-0.25, -0.2) is 0 Å². The van der Waals surface area contributed by atoms with Crippen molar-refractivity contribution in [3.05, 3.63) is 54.6 Å². The van der Waals surface area contributed by atoms with Crippen LogP contribution in [0.25, 0.3) is 11.4 Å². The first-order valence-electron chi connectivity index (χ1n) is 9.66. The molecule has 0 aliphatic carbocycles. The zero-order valence-electron chi connectivity index (χ0n) is 17.3. The highest BCUT2D eigenvalue weighted by Crippen LogP contribution is 2.38. The van der Waals surface area contributed by atoms with E-state index in [-0.39, 0.29) is 11.8 Å². The van der Waals surface area contributed by atoms with Gasteiger partial charge in [0.15, 0.2) is 11.0 Å². The average molecular weight is 422 g/mol. The van der Waals surface area contributed by atoms with Crippen molar-refractivity contribution in [1.29, 1.82) is 0 Å². The van der Waals surface area contributed by atoms with Crippen LogP contribution in [0.3, 0.4) is 0 Å². The van der Waals surface area contributed by atoms with Gasteiger partial charge >= 0.3 is 0 Å². The van der Waals surface area contributed by atoms with Gasteiger partial charge in [-0.1, -0.05) is 54.2 Å². The summed E-state index contributed by atoms with van der Waals surface area (Å²) in [5.41, 5.74) is 1.29. The van der Waals surface area contributed by atoms with Crippen LogP contribution in [0.1, 0.15) is 20.8 Å². The number of para-hydroxylation sites is 2. The first-order chi connectivity index (χ1) is 14.3. The summed E-state index contributed by atoms with van der Waals surface area (Å²) in [6.45, 7) is 5.34. The van der Waals surface area contributed by atoms with Crippen LogP contribution >= 0.6 is 11.8 Å². The fourth-order valence-electron chi connectivity index (χ4n) is 3.49. The van der Waals surface area contributed by atoms with E-state index in [9.17, 15) is 9.59 Å². The van der Waals surface area contributed by atoms with E-state index in [1.165, 1.54) is 11.8 Å². The number of fused-ring (bicyclic) bond motifs is 1. The largest absolute Gasteiger partial charge is 0.322 e. The van der Waals surface area contributed by atoms with Crippen LogP contribution in [0.4, 0.5) is 11.4 Å². The first kappa shape index (κ1) is 20.2. The number of carbonyl (C=O) groups is 2. The van der Waals surface area contributed by atoms with E-state index >= 15 is 0 Å². The lowest BCUT2D eigenvalue weighted by Gasteiger charge is -2.43. The molecule has 0 saturated heterocycles. The van der Waals surface area contributed by atoms with Gasteiger partial charge in [0.25, 0.3) is 0 Å². The highest BCUT2D eigenvalue weighted by atomic mass is 32.2. The van der Waals surface area contributed by atoms with Crippen LogP contribution < -0.4 is 10.2 Å². The highest BCUT2D eigenvalue weighted by Gasteiger charge is 2.44. The number of nitrogens with zero attached hydrogens (tertiary/aromatic N) is 4. The lowest BCUT2D eigenvalue weighted by molar-refractivity contribution is -0.126. The lowest BCUT2D eigenvalue weighted by atomic mass is 9.96. The van der Waals surface area contributed by atoms with Crippen LogP contribution in [0.5, 0.6) is 0 Å². The fourth-order valence-corrected chi connectivity index (χ4v) is 4.35. The molecular formula is C22H23N5O2S. The van der Waals surface area contributed by atoms with Crippen LogP contribution in [0.2, 0.25) is 0 Å². The first-order valence-corrected chi connectivity index (χ1v) is 10.5. The smallest absolute Gasteiger partial charge is 0.250 e. The third-order valence-electron chi connectivity index (χ3n) is 5.23. The van der Waals surface area contributed by atoms with Gasteiger partial charge in [-0.2, -0.15) is 0 Å². The topological polar surface area (TPSA) is 80.1 Å². The molecule has 0 saturated carbocycles. The second-order valence-electron chi connectivity index (χ2n) is 7.70. The molecule has 0 spiro atoms. The quantitative estimate of drug-likeness (QED) is 0.650. The Balaban J connectivity index is 1.62. The van der Waals surface area contributed by atoms with Gasteiger partial charge in [0.05, 0.1) is 16.6 Å². The van der Waals surface area contributed by atoms with Gasteiger partial charge in [-0.05, 0) is 32.9 Å².